The zero-order valence-corrected chi connectivity index (χ0v) is 32.1. The summed E-state index contributed by atoms with van der Waals surface area (Å²) in [7, 11) is 2.08. The number of nitrogens with zero attached hydrogens (tertiary/aromatic N) is 4. The Labute approximate surface area is 344 Å². The van der Waals surface area contributed by atoms with Gasteiger partial charge in [0.15, 0.2) is 0 Å². The highest BCUT2D eigenvalue weighted by Gasteiger charge is 2.20. The van der Waals surface area contributed by atoms with Crippen molar-refractivity contribution in [2.75, 3.05) is 0 Å². The Kier molecular flexibility index (Phi) is 9.25. The molecule has 0 fully saturated rings. The molecule has 0 spiro atoms. The van der Waals surface area contributed by atoms with Gasteiger partial charge < -0.3 is 4.57 Å². The maximum absolute atomic E-state index is 5.61. The summed E-state index contributed by atoms with van der Waals surface area (Å²) in [6.07, 6.45) is 11.1. The van der Waals surface area contributed by atoms with Crippen molar-refractivity contribution in [2.45, 2.75) is 14.4 Å². The van der Waals surface area contributed by atoms with Crippen molar-refractivity contribution in [1.29, 1.82) is 0 Å². The van der Waals surface area contributed by atoms with E-state index in [9.17, 15) is 0 Å². The lowest BCUT2D eigenvalue weighted by Gasteiger charge is -2.12. The SMILES string of the molecule is C.C#Cc1ccc(-c2nc3c4ccccc4c4ccccc4c3n2C)cc1.C#Cc1ccc(-n2c(-c3ccc(C)cc3)nc3c4ccccc4c4ccccc4c32)cc1. The molecule has 0 aliphatic heterocycles. The highest BCUT2D eigenvalue weighted by atomic mass is 15.1. The van der Waals surface area contributed by atoms with E-state index in [0.29, 0.717) is 0 Å². The molecule has 0 bridgehead atoms. The van der Waals surface area contributed by atoms with Crippen molar-refractivity contribution in [1.82, 2.24) is 19.1 Å². The van der Waals surface area contributed by atoms with E-state index in [1.165, 1.54) is 43.3 Å². The average Bonchev–Trinajstić information content (AvgIpc) is 3.86. The van der Waals surface area contributed by atoms with Crippen LogP contribution in [-0.2, 0) is 7.05 Å². The minimum absolute atomic E-state index is 0. The Morgan fingerprint density at radius 3 is 1.31 bits per heavy atom. The summed E-state index contributed by atoms with van der Waals surface area (Å²) in [5, 5.41) is 9.70. The number of benzene rings is 9. The second kappa shape index (κ2) is 14.9. The first-order valence-corrected chi connectivity index (χ1v) is 19.3. The molecular weight excluding hydrogens is 717 g/mol. The first kappa shape index (κ1) is 36.7. The molecule has 0 radical (unpaired) electrons. The summed E-state index contributed by atoms with van der Waals surface area (Å²) >= 11 is 0. The van der Waals surface area contributed by atoms with Crippen LogP contribution in [0.25, 0.3) is 93.6 Å². The first-order valence-electron chi connectivity index (χ1n) is 19.3. The second-order valence-corrected chi connectivity index (χ2v) is 14.6. The first-order chi connectivity index (χ1) is 28.5. The van der Waals surface area contributed by atoms with Crippen LogP contribution in [0, 0.1) is 31.6 Å². The minimum Gasteiger partial charge on any atom is -0.327 e. The summed E-state index contributed by atoms with van der Waals surface area (Å²) in [5.74, 6) is 7.26. The molecule has 0 aliphatic carbocycles. The molecule has 4 heteroatoms. The molecule has 2 aromatic heterocycles. The largest absolute Gasteiger partial charge is 0.327 e. The van der Waals surface area contributed by atoms with E-state index in [0.717, 1.165) is 67.0 Å². The molecule has 0 aliphatic rings. The number of rotatable bonds is 3. The normalized spacial score (nSPS) is 11.1. The summed E-state index contributed by atoms with van der Waals surface area (Å²) in [5.41, 5.74) is 10.5. The Bertz CT molecular complexity index is 3460. The van der Waals surface area contributed by atoms with Crippen molar-refractivity contribution in [3.8, 4) is 53.2 Å². The monoisotopic (exact) mass is 756 g/mol. The highest BCUT2D eigenvalue weighted by molar-refractivity contribution is 6.25. The summed E-state index contributed by atoms with van der Waals surface area (Å²) in [6.45, 7) is 2.10. The molecule has 0 saturated heterocycles. The Morgan fingerprint density at radius 2 is 0.797 bits per heavy atom. The van der Waals surface area contributed by atoms with Gasteiger partial charge in [0.05, 0.1) is 22.1 Å². The van der Waals surface area contributed by atoms with Crippen molar-refractivity contribution >= 4 is 65.2 Å². The van der Waals surface area contributed by atoms with Gasteiger partial charge in [-0.25, -0.2) is 9.97 Å². The van der Waals surface area contributed by atoms with Crippen molar-refractivity contribution < 1.29 is 0 Å². The Morgan fingerprint density at radius 1 is 0.424 bits per heavy atom. The minimum atomic E-state index is 0. The summed E-state index contributed by atoms with van der Waals surface area (Å²) in [6, 6.07) is 58.9. The number of hydrogen-bond acceptors (Lipinski definition) is 2. The lowest BCUT2D eigenvalue weighted by molar-refractivity contribution is 0.962. The third kappa shape index (κ3) is 6.07. The topological polar surface area (TPSA) is 35.6 Å². The van der Waals surface area contributed by atoms with E-state index in [1.54, 1.807) is 0 Å². The molecule has 0 N–H and O–H groups in total. The Hall–Kier alpha value is -7.92. The second-order valence-electron chi connectivity index (χ2n) is 14.6. The van der Waals surface area contributed by atoms with Crippen LogP contribution in [0.4, 0.5) is 0 Å². The van der Waals surface area contributed by atoms with Crippen molar-refractivity contribution in [3.05, 3.63) is 187 Å². The fourth-order valence-corrected chi connectivity index (χ4v) is 8.38. The maximum Gasteiger partial charge on any atom is 0.145 e. The van der Waals surface area contributed by atoms with Gasteiger partial charge in [0.2, 0.25) is 0 Å². The predicted molar refractivity (Wildman–Crippen MR) is 250 cm³/mol. The molecule has 11 rings (SSSR count). The maximum atomic E-state index is 5.61. The highest BCUT2D eigenvalue weighted by Crippen LogP contribution is 2.40. The van der Waals surface area contributed by atoms with Crippen LogP contribution in [0.15, 0.2) is 170 Å². The standard InChI is InChI=1S/C30H20N2.C24H16N2.CH4/c1-3-21-14-18-23(19-15-21)32-29-27-11-7-5-9-25(27)24-8-4-6-10-26(24)28(29)31-30(32)22-16-12-20(2)13-17-22;1-3-16-12-14-17(15-13-16)24-25-22-20-10-6-4-8-18(20)19-9-5-7-11-21(19)23(22)26(24)2;/h1,4-19H,2H3;1,4-15H,2H3;1H4. The van der Waals surface area contributed by atoms with E-state index in [4.69, 9.17) is 22.8 Å². The van der Waals surface area contributed by atoms with E-state index in [1.807, 2.05) is 36.4 Å². The molecule has 59 heavy (non-hydrogen) atoms. The van der Waals surface area contributed by atoms with Gasteiger partial charge in [-0.3, -0.25) is 4.57 Å². The molecule has 0 saturated carbocycles. The van der Waals surface area contributed by atoms with E-state index in [2.05, 4.69) is 168 Å². The smallest absolute Gasteiger partial charge is 0.145 e. The van der Waals surface area contributed by atoms with E-state index < -0.39 is 0 Å². The number of terminal acetylenes is 2. The van der Waals surface area contributed by atoms with Gasteiger partial charge in [-0.15, -0.1) is 12.8 Å². The number of fused-ring (bicyclic) bond motifs is 12. The van der Waals surface area contributed by atoms with Crippen LogP contribution in [0.5, 0.6) is 0 Å². The number of aryl methyl sites for hydroxylation is 2. The van der Waals surface area contributed by atoms with Gasteiger partial charge in [-0.1, -0.05) is 158 Å². The molecule has 0 atom stereocenters. The fourth-order valence-electron chi connectivity index (χ4n) is 8.38. The lowest BCUT2D eigenvalue weighted by Crippen LogP contribution is -1.98. The van der Waals surface area contributed by atoms with E-state index >= 15 is 0 Å². The number of imidazole rings is 2. The van der Waals surface area contributed by atoms with Gasteiger partial charge in [-0.2, -0.15) is 0 Å². The zero-order chi connectivity index (χ0) is 39.3. The molecule has 0 unspecified atom stereocenters. The number of aromatic nitrogens is 4. The van der Waals surface area contributed by atoms with Gasteiger partial charge in [-0.05, 0) is 64.9 Å². The fraction of sp³-hybridized carbons (Fsp3) is 0.0545. The average molecular weight is 757 g/mol. The third-order valence-corrected chi connectivity index (χ3v) is 11.2. The van der Waals surface area contributed by atoms with E-state index in [-0.39, 0.29) is 7.43 Å². The molecule has 280 valence electrons. The van der Waals surface area contributed by atoms with Gasteiger partial charge in [0, 0.05) is 56.5 Å². The molecular formula is C55H40N4. The van der Waals surface area contributed by atoms with Crippen molar-refractivity contribution in [3.63, 3.8) is 0 Å². The van der Waals surface area contributed by atoms with Crippen molar-refractivity contribution in [2.24, 2.45) is 7.05 Å². The molecule has 2 heterocycles. The van der Waals surface area contributed by atoms with Crippen LogP contribution in [0.1, 0.15) is 24.1 Å². The third-order valence-electron chi connectivity index (χ3n) is 11.2. The zero-order valence-electron chi connectivity index (χ0n) is 32.1. The molecule has 9 aromatic carbocycles. The molecule has 4 nitrogen and oxygen atoms in total. The quantitative estimate of drug-likeness (QED) is 0.133. The van der Waals surface area contributed by atoms with Crippen LogP contribution >= 0.6 is 0 Å². The summed E-state index contributed by atoms with van der Waals surface area (Å²) < 4.78 is 4.46. The van der Waals surface area contributed by atoms with Crippen LogP contribution in [-0.4, -0.2) is 19.1 Å². The van der Waals surface area contributed by atoms with Gasteiger partial charge in [0.25, 0.3) is 0 Å². The van der Waals surface area contributed by atoms with Gasteiger partial charge >= 0.3 is 0 Å². The Balaban J connectivity index is 0.000000153. The molecule has 11 aromatic rings. The van der Waals surface area contributed by atoms with Gasteiger partial charge in [0.1, 0.15) is 11.6 Å². The van der Waals surface area contributed by atoms with Crippen LogP contribution in [0.3, 0.4) is 0 Å². The van der Waals surface area contributed by atoms with Crippen LogP contribution in [0.2, 0.25) is 0 Å². The lowest BCUT2D eigenvalue weighted by atomic mass is 10.00. The number of hydrogen-bond donors (Lipinski definition) is 0. The predicted octanol–water partition coefficient (Wildman–Crippen LogP) is 13.5. The molecule has 0 amide bonds. The summed E-state index contributed by atoms with van der Waals surface area (Å²) in [4.78, 5) is 10.3. The van der Waals surface area contributed by atoms with Crippen LogP contribution < -0.4 is 0 Å².